The van der Waals surface area contributed by atoms with Crippen LogP contribution >= 0.6 is 0 Å². The second kappa shape index (κ2) is 8.93. The fraction of sp³-hybridized carbons (Fsp3) is 0.571. The predicted molar refractivity (Wildman–Crippen MR) is 69.1 cm³/mol. The van der Waals surface area contributed by atoms with Gasteiger partial charge in [0.05, 0.1) is 0 Å². The van der Waals surface area contributed by atoms with Gasteiger partial charge in [-0.25, -0.2) is 0 Å². The van der Waals surface area contributed by atoms with Gasteiger partial charge in [-0.3, -0.25) is 0 Å². The summed E-state index contributed by atoms with van der Waals surface area (Å²) in [6.45, 7) is 0.549. The molecule has 0 saturated heterocycles. The average molecular weight is 275 g/mol. The molecule has 1 aromatic carbocycles. The van der Waals surface area contributed by atoms with Crippen molar-refractivity contribution in [2.75, 3.05) is 26.3 Å². The van der Waals surface area contributed by atoms with Crippen molar-refractivity contribution < 1.29 is 17.9 Å². The highest BCUT2D eigenvalue weighted by molar-refractivity contribution is 5.14. The number of nitrogens with one attached hydrogen (secondary N) is 1. The number of benzene rings is 1. The molecular weight excluding hydrogens is 255 g/mol. The first-order valence-electron chi connectivity index (χ1n) is 6.47. The third-order valence-corrected chi connectivity index (χ3v) is 2.57. The molecule has 1 N–H and O–H groups in total. The van der Waals surface area contributed by atoms with Crippen molar-refractivity contribution in [1.29, 1.82) is 0 Å². The van der Waals surface area contributed by atoms with Crippen molar-refractivity contribution in [3.05, 3.63) is 35.9 Å². The Morgan fingerprint density at radius 3 is 2.37 bits per heavy atom. The molecule has 0 fully saturated rings. The van der Waals surface area contributed by atoms with Gasteiger partial charge < -0.3 is 10.1 Å². The molecule has 5 heteroatoms. The molecule has 0 aromatic heterocycles. The first-order chi connectivity index (χ1) is 9.08. The van der Waals surface area contributed by atoms with Crippen LogP contribution in [0.15, 0.2) is 30.3 Å². The highest BCUT2D eigenvalue weighted by Gasteiger charge is 2.27. The van der Waals surface area contributed by atoms with E-state index in [1.54, 1.807) is 0 Å². The zero-order valence-electron chi connectivity index (χ0n) is 10.9. The number of ether oxygens (including phenoxy) is 1. The van der Waals surface area contributed by atoms with E-state index in [0.29, 0.717) is 13.0 Å². The van der Waals surface area contributed by atoms with Crippen LogP contribution < -0.4 is 5.32 Å². The third kappa shape index (κ3) is 9.50. The number of hydrogen-bond acceptors (Lipinski definition) is 2. The van der Waals surface area contributed by atoms with Crippen LogP contribution in [-0.4, -0.2) is 32.5 Å². The quantitative estimate of drug-likeness (QED) is 0.699. The highest BCUT2D eigenvalue weighted by Crippen LogP contribution is 2.14. The molecular formula is C14H20F3NO. The smallest absolute Gasteiger partial charge is 0.372 e. The maximum atomic E-state index is 11.8. The van der Waals surface area contributed by atoms with E-state index >= 15 is 0 Å². The molecule has 0 unspecified atom stereocenters. The fourth-order valence-electron chi connectivity index (χ4n) is 1.67. The fourth-order valence-corrected chi connectivity index (χ4v) is 1.67. The number of aryl methyl sites for hydroxylation is 1. The van der Waals surface area contributed by atoms with Crippen molar-refractivity contribution in [1.82, 2.24) is 5.32 Å². The standard InChI is InChI=1S/C14H20F3NO/c15-14(16,17)12-19-11-5-10-18-9-4-8-13-6-2-1-3-7-13/h1-3,6-7,18H,4-5,8-12H2. The summed E-state index contributed by atoms with van der Waals surface area (Å²) in [5.41, 5.74) is 1.30. The zero-order valence-corrected chi connectivity index (χ0v) is 10.9. The molecule has 0 heterocycles. The molecule has 19 heavy (non-hydrogen) atoms. The lowest BCUT2D eigenvalue weighted by atomic mass is 10.1. The van der Waals surface area contributed by atoms with Crippen molar-refractivity contribution in [3.8, 4) is 0 Å². The van der Waals surface area contributed by atoms with Crippen molar-refractivity contribution >= 4 is 0 Å². The van der Waals surface area contributed by atoms with Crippen molar-refractivity contribution in [3.63, 3.8) is 0 Å². The van der Waals surface area contributed by atoms with E-state index in [1.807, 2.05) is 18.2 Å². The van der Waals surface area contributed by atoms with Crippen LogP contribution in [-0.2, 0) is 11.2 Å². The van der Waals surface area contributed by atoms with E-state index in [9.17, 15) is 13.2 Å². The molecule has 0 saturated carbocycles. The summed E-state index contributed by atoms with van der Waals surface area (Å²) < 4.78 is 39.8. The normalized spacial score (nSPS) is 11.7. The van der Waals surface area contributed by atoms with Gasteiger partial charge in [0.2, 0.25) is 0 Å². The largest absolute Gasteiger partial charge is 0.411 e. The van der Waals surface area contributed by atoms with E-state index in [2.05, 4.69) is 22.2 Å². The van der Waals surface area contributed by atoms with E-state index in [1.165, 1.54) is 5.56 Å². The molecule has 108 valence electrons. The van der Waals surface area contributed by atoms with E-state index in [0.717, 1.165) is 19.4 Å². The third-order valence-electron chi connectivity index (χ3n) is 2.57. The average Bonchev–Trinajstić information content (AvgIpc) is 2.37. The van der Waals surface area contributed by atoms with Crippen LogP contribution in [0.4, 0.5) is 13.2 Å². The number of alkyl halides is 3. The minimum atomic E-state index is -4.22. The molecule has 1 rings (SSSR count). The Bertz CT molecular complexity index is 327. The summed E-state index contributed by atoms with van der Waals surface area (Å²) in [6.07, 6.45) is -1.59. The molecule has 0 bridgehead atoms. The van der Waals surface area contributed by atoms with Gasteiger partial charge in [0.15, 0.2) is 0 Å². The van der Waals surface area contributed by atoms with Crippen LogP contribution in [0.5, 0.6) is 0 Å². The maximum Gasteiger partial charge on any atom is 0.411 e. The maximum absolute atomic E-state index is 11.8. The van der Waals surface area contributed by atoms with Crippen LogP contribution in [0.3, 0.4) is 0 Å². The molecule has 0 atom stereocenters. The number of hydrogen-bond donors (Lipinski definition) is 1. The molecule has 0 aliphatic heterocycles. The Hall–Kier alpha value is -1.07. The lowest BCUT2D eigenvalue weighted by molar-refractivity contribution is -0.173. The lowest BCUT2D eigenvalue weighted by Crippen LogP contribution is -2.21. The highest BCUT2D eigenvalue weighted by atomic mass is 19.4. The zero-order chi connectivity index (χ0) is 14.0. The summed E-state index contributed by atoms with van der Waals surface area (Å²) >= 11 is 0. The van der Waals surface area contributed by atoms with Crippen LogP contribution in [0.1, 0.15) is 18.4 Å². The molecule has 0 spiro atoms. The first kappa shape index (κ1) is 16.0. The Morgan fingerprint density at radius 1 is 1.00 bits per heavy atom. The van der Waals surface area contributed by atoms with Gasteiger partial charge in [0.1, 0.15) is 6.61 Å². The second-order valence-electron chi connectivity index (χ2n) is 4.36. The van der Waals surface area contributed by atoms with E-state index < -0.39 is 12.8 Å². The topological polar surface area (TPSA) is 21.3 Å². The Balaban J connectivity index is 1.87. The SMILES string of the molecule is FC(F)(F)COCCCNCCCc1ccccc1. The van der Waals surface area contributed by atoms with Gasteiger partial charge in [0.25, 0.3) is 0 Å². The number of rotatable bonds is 9. The predicted octanol–water partition coefficient (Wildman–Crippen LogP) is 3.18. The Labute approximate surface area is 112 Å². The minimum absolute atomic E-state index is 0.144. The molecule has 0 aliphatic rings. The van der Waals surface area contributed by atoms with Gasteiger partial charge >= 0.3 is 6.18 Å². The summed E-state index contributed by atoms with van der Waals surface area (Å²) in [5.74, 6) is 0. The van der Waals surface area contributed by atoms with Crippen molar-refractivity contribution in [2.24, 2.45) is 0 Å². The minimum Gasteiger partial charge on any atom is -0.372 e. The summed E-state index contributed by atoms with van der Waals surface area (Å²) in [5, 5.41) is 3.19. The molecule has 0 amide bonds. The summed E-state index contributed by atoms with van der Waals surface area (Å²) in [4.78, 5) is 0. The van der Waals surface area contributed by atoms with Gasteiger partial charge in [-0.1, -0.05) is 30.3 Å². The van der Waals surface area contributed by atoms with Gasteiger partial charge in [-0.15, -0.1) is 0 Å². The number of halogens is 3. The van der Waals surface area contributed by atoms with Crippen LogP contribution in [0.25, 0.3) is 0 Å². The second-order valence-corrected chi connectivity index (χ2v) is 4.36. The monoisotopic (exact) mass is 275 g/mol. The molecule has 0 aliphatic carbocycles. The van der Waals surface area contributed by atoms with Gasteiger partial charge in [-0.05, 0) is 37.9 Å². The Morgan fingerprint density at radius 2 is 1.68 bits per heavy atom. The van der Waals surface area contributed by atoms with Crippen LogP contribution in [0, 0.1) is 0 Å². The molecule has 1 aromatic rings. The molecule has 2 nitrogen and oxygen atoms in total. The van der Waals surface area contributed by atoms with Crippen molar-refractivity contribution in [2.45, 2.75) is 25.4 Å². The summed E-state index contributed by atoms with van der Waals surface area (Å²) in [7, 11) is 0. The van der Waals surface area contributed by atoms with Gasteiger partial charge in [-0.2, -0.15) is 13.2 Å². The van der Waals surface area contributed by atoms with E-state index in [-0.39, 0.29) is 6.61 Å². The summed E-state index contributed by atoms with van der Waals surface area (Å²) in [6, 6.07) is 10.2. The van der Waals surface area contributed by atoms with Gasteiger partial charge in [0, 0.05) is 6.61 Å². The lowest BCUT2D eigenvalue weighted by Gasteiger charge is -2.08. The molecule has 0 radical (unpaired) electrons. The Kier molecular flexibility index (Phi) is 7.52. The van der Waals surface area contributed by atoms with Crippen LogP contribution in [0.2, 0.25) is 0 Å². The first-order valence-corrected chi connectivity index (χ1v) is 6.47. The van der Waals surface area contributed by atoms with E-state index in [4.69, 9.17) is 0 Å².